The molecule has 0 aliphatic carbocycles. The Morgan fingerprint density at radius 3 is 3.12 bits per heavy atom. The molecule has 1 fully saturated rings. The predicted octanol–water partition coefficient (Wildman–Crippen LogP) is 2.33. The fraction of sp³-hybridized carbons (Fsp3) is 0.667. The lowest BCUT2D eigenvalue weighted by Gasteiger charge is -2.32. The van der Waals surface area contributed by atoms with Gasteiger partial charge in [-0.2, -0.15) is 0 Å². The molecule has 0 saturated carbocycles. The summed E-state index contributed by atoms with van der Waals surface area (Å²) in [5.41, 5.74) is 1.04. The SMILES string of the molecule is Cc1cnc(Cl)nc1NCC1CCCCN1C. The van der Waals surface area contributed by atoms with Crippen LogP contribution in [0.15, 0.2) is 6.20 Å². The van der Waals surface area contributed by atoms with E-state index in [1.165, 1.54) is 25.8 Å². The zero-order valence-corrected chi connectivity index (χ0v) is 11.2. The minimum atomic E-state index is 0.301. The molecule has 94 valence electrons. The van der Waals surface area contributed by atoms with Crippen molar-refractivity contribution in [3.8, 4) is 0 Å². The molecule has 0 aromatic carbocycles. The van der Waals surface area contributed by atoms with E-state index in [0.29, 0.717) is 11.3 Å². The van der Waals surface area contributed by atoms with Gasteiger partial charge in [-0.25, -0.2) is 9.97 Å². The summed E-state index contributed by atoms with van der Waals surface area (Å²) in [4.78, 5) is 10.6. The van der Waals surface area contributed by atoms with Crippen molar-refractivity contribution in [3.63, 3.8) is 0 Å². The first-order valence-corrected chi connectivity index (χ1v) is 6.48. The summed E-state index contributed by atoms with van der Waals surface area (Å²) in [6.07, 6.45) is 5.63. The zero-order chi connectivity index (χ0) is 12.3. The standard InChI is InChI=1S/C12H19ClN4/c1-9-7-15-12(13)16-11(9)14-8-10-5-3-4-6-17(10)2/h7,10H,3-6,8H2,1-2H3,(H,14,15,16). The van der Waals surface area contributed by atoms with E-state index in [9.17, 15) is 0 Å². The minimum absolute atomic E-state index is 0.301. The quantitative estimate of drug-likeness (QED) is 0.841. The average molecular weight is 255 g/mol. The molecule has 2 rings (SSSR count). The molecule has 1 aliphatic heterocycles. The Morgan fingerprint density at radius 2 is 2.35 bits per heavy atom. The van der Waals surface area contributed by atoms with Gasteiger partial charge < -0.3 is 10.2 Å². The molecule has 0 spiro atoms. The number of hydrogen-bond donors (Lipinski definition) is 1. The Morgan fingerprint density at radius 1 is 1.53 bits per heavy atom. The van der Waals surface area contributed by atoms with Gasteiger partial charge in [0.25, 0.3) is 0 Å². The van der Waals surface area contributed by atoms with Gasteiger partial charge in [0.05, 0.1) is 0 Å². The van der Waals surface area contributed by atoms with Gasteiger partial charge in [-0.15, -0.1) is 0 Å². The summed E-state index contributed by atoms with van der Waals surface area (Å²) in [5, 5.41) is 3.68. The van der Waals surface area contributed by atoms with Crippen molar-refractivity contribution in [1.82, 2.24) is 14.9 Å². The first-order chi connectivity index (χ1) is 8.16. The minimum Gasteiger partial charge on any atom is -0.368 e. The third-order valence-electron chi connectivity index (χ3n) is 3.37. The van der Waals surface area contributed by atoms with Crippen LogP contribution in [0.1, 0.15) is 24.8 Å². The first-order valence-electron chi connectivity index (χ1n) is 6.10. The number of aromatic nitrogens is 2. The van der Waals surface area contributed by atoms with Crippen molar-refractivity contribution in [2.45, 2.75) is 32.2 Å². The first kappa shape index (κ1) is 12.6. The number of nitrogens with zero attached hydrogens (tertiary/aromatic N) is 3. The highest BCUT2D eigenvalue weighted by atomic mass is 35.5. The molecule has 17 heavy (non-hydrogen) atoms. The van der Waals surface area contributed by atoms with Crippen molar-refractivity contribution in [2.24, 2.45) is 0 Å². The van der Waals surface area contributed by atoms with Gasteiger partial charge in [0, 0.05) is 24.3 Å². The Hall–Kier alpha value is -0.870. The smallest absolute Gasteiger partial charge is 0.224 e. The fourth-order valence-electron chi connectivity index (χ4n) is 2.22. The molecule has 1 saturated heterocycles. The van der Waals surface area contributed by atoms with Crippen molar-refractivity contribution in [3.05, 3.63) is 17.0 Å². The van der Waals surface area contributed by atoms with Crippen LogP contribution in [0.4, 0.5) is 5.82 Å². The topological polar surface area (TPSA) is 41.1 Å². The summed E-state index contributed by atoms with van der Waals surface area (Å²) in [6, 6.07) is 0.594. The predicted molar refractivity (Wildman–Crippen MR) is 70.5 cm³/mol. The Kier molecular flexibility index (Phi) is 4.18. The molecule has 0 radical (unpaired) electrons. The molecule has 1 unspecified atom stereocenters. The van der Waals surface area contributed by atoms with Crippen LogP contribution in [-0.2, 0) is 0 Å². The summed E-state index contributed by atoms with van der Waals surface area (Å²) in [6.45, 7) is 4.10. The molecule has 2 heterocycles. The van der Waals surface area contributed by atoms with E-state index in [0.717, 1.165) is 17.9 Å². The third kappa shape index (κ3) is 3.30. The van der Waals surface area contributed by atoms with Gasteiger partial charge in [0.1, 0.15) is 5.82 Å². The van der Waals surface area contributed by atoms with E-state index in [1.807, 2.05) is 6.92 Å². The van der Waals surface area contributed by atoms with Crippen molar-refractivity contribution < 1.29 is 0 Å². The largest absolute Gasteiger partial charge is 0.368 e. The van der Waals surface area contributed by atoms with Crippen LogP contribution in [0, 0.1) is 6.92 Å². The van der Waals surface area contributed by atoms with Crippen LogP contribution in [0.3, 0.4) is 0 Å². The van der Waals surface area contributed by atoms with Gasteiger partial charge in [-0.3, -0.25) is 0 Å². The molecule has 5 heteroatoms. The Labute approximate surface area is 107 Å². The maximum absolute atomic E-state index is 5.79. The number of likely N-dealkylation sites (N-methyl/N-ethyl adjacent to an activating group) is 1. The number of aryl methyl sites for hydroxylation is 1. The molecule has 0 bridgehead atoms. The second-order valence-electron chi connectivity index (χ2n) is 4.68. The van der Waals surface area contributed by atoms with E-state index >= 15 is 0 Å². The molecule has 0 amide bonds. The van der Waals surface area contributed by atoms with Crippen molar-refractivity contribution in [1.29, 1.82) is 0 Å². The highest BCUT2D eigenvalue weighted by Gasteiger charge is 2.18. The molecule has 1 N–H and O–H groups in total. The third-order valence-corrected chi connectivity index (χ3v) is 3.55. The summed E-state index contributed by atoms with van der Waals surface area (Å²) >= 11 is 5.79. The lowest BCUT2D eigenvalue weighted by atomic mass is 10.0. The van der Waals surface area contributed by atoms with E-state index in [4.69, 9.17) is 11.6 Å². The van der Waals surface area contributed by atoms with Crippen LogP contribution in [0.25, 0.3) is 0 Å². The number of likely N-dealkylation sites (tertiary alicyclic amines) is 1. The molecular formula is C12H19ClN4. The van der Waals surface area contributed by atoms with E-state index in [-0.39, 0.29) is 0 Å². The van der Waals surface area contributed by atoms with E-state index in [1.54, 1.807) is 6.20 Å². The summed E-state index contributed by atoms with van der Waals surface area (Å²) in [5.74, 6) is 0.851. The van der Waals surface area contributed by atoms with E-state index in [2.05, 4.69) is 27.2 Å². The molecule has 4 nitrogen and oxygen atoms in total. The van der Waals surface area contributed by atoms with Crippen LogP contribution < -0.4 is 5.32 Å². The zero-order valence-electron chi connectivity index (χ0n) is 10.4. The number of rotatable bonds is 3. The maximum atomic E-state index is 5.79. The average Bonchev–Trinajstić information content (AvgIpc) is 2.32. The molecule has 1 atom stereocenters. The second-order valence-corrected chi connectivity index (χ2v) is 5.02. The second kappa shape index (κ2) is 5.65. The lowest BCUT2D eigenvalue weighted by molar-refractivity contribution is 0.194. The van der Waals surface area contributed by atoms with Gasteiger partial charge in [0.15, 0.2) is 0 Å². The molecule has 1 aliphatic rings. The molecular weight excluding hydrogens is 236 g/mol. The van der Waals surface area contributed by atoms with Gasteiger partial charge in [0.2, 0.25) is 5.28 Å². The van der Waals surface area contributed by atoms with Gasteiger partial charge >= 0.3 is 0 Å². The number of piperidine rings is 1. The highest BCUT2D eigenvalue weighted by Crippen LogP contribution is 2.17. The normalized spacial score (nSPS) is 21.5. The fourth-order valence-corrected chi connectivity index (χ4v) is 2.35. The number of hydrogen-bond acceptors (Lipinski definition) is 4. The van der Waals surface area contributed by atoms with Gasteiger partial charge in [-0.05, 0) is 45.0 Å². The lowest BCUT2D eigenvalue weighted by Crippen LogP contribution is -2.40. The number of anilines is 1. The molecule has 1 aromatic rings. The van der Waals surface area contributed by atoms with Crippen molar-refractivity contribution in [2.75, 3.05) is 25.5 Å². The van der Waals surface area contributed by atoms with E-state index < -0.39 is 0 Å². The highest BCUT2D eigenvalue weighted by molar-refractivity contribution is 6.28. The molecule has 1 aromatic heterocycles. The Bertz CT molecular complexity index is 383. The number of nitrogens with one attached hydrogen (secondary N) is 1. The number of halogens is 1. The van der Waals surface area contributed by atoms with Crippen LogP contribution >= 0.6 is 11.6 Å². The Balaban J connectivity index is 1.94. The van der Waals surface area contributed by atoms with Gasteiger partial charge in [-0.1, -0.05) is 6.42 Å². The van der Waals surface area contributed by atoms with Crippen LogP contribution in [0.5, 0.6) is 0 Å². The summed E-state index contributed by atoms with van der Waals surface area (Å²) < 4.78 is 0. The van der Waals surface area contributed by atoms with Crippen LogP contribution in [0.2, 0.25) is 5.28 Å². The summed E-state index contributed by atoms with van der Waals surface area (Å²) in [7, 11) is 2.19. The van der Waals surface area contributed by atoms with Crippen molar-refractivity contribution >= 4 is 17.4 Å². The van der Waals surface area contributed by atoms with Crippen LogP contribution in [-0.4, -0.2) is 41.0 Å². The maximum Gasteiger partial charge on any atom is 0.224 e. The monoisotopic (exact) mass is 254 g/mol.